The summed E-state index contributed by atoms with van der Waals surface area (Å²) in [6.07, 6.45) is 3.37. The van der Waals surface area contributed by atoms with Crippen LogP contribution in [0.3, 0.4) is 0 Å². The lowest BCUT2D eigenvalue weighted by molar-refractivity contribution is 0.217. The SMILES string of the molecule is C/C=C(/CNC(=O)Nc1cccc2c(NC(=O)NCc3ccco3)cccc12)OCC. The van der Waals surface area contributed by atoms with Crippen molar-refractivity contribution in [3.05, 3.63) is 72.4 Å². The smallest absolute Gasteiger partial charge is 0.319 e. The zero-order valence-electron chi connectivity index (χ0n) is 17.5. The van der Waals surface area contributed by atoms with Crippen molar-refractivity contribution in [2.75, 3.05) is 23.8 Å². The molecule has 0 aliphatic carbocycles. The Morgan fingerprint density at radius 1 is 0.935 bits per heavy atom. The third-order valence-electron chi connectivity index (χ3n) is 4.50. The van der Waals surface area contributed by atoms with E-state index in [4.69, 9.17) is 9.15 Å². The number of fused-ring (bicyclic) bond motifs is 1. The van der Waals surface area contributed by atoms with Gasteiger partial charge >= 0.3 is 12.1 Å². The van der Waals surface area contributed by atoms with E-state index < -0.39 is 0 Å². The van der Waals surface area contributed by atoms with Crippen molar-refractivity contribution < 1.29 is 18.7 Å². The number of benzene rings is 2. The first kappa shape index (κ1) is 21.8. The molecule has 8 heteroatoms. The Balaban J connectivity index is 1.67. The molecule has 4 N–H and O–H groups in total. The largest absolute Gasteiger partial charge is 0.497 e. The molecule has 3 rings (SSSR count). The lowest BCUT2D eigenvalue weighted by atomic mass is 10.1. The maximum Gasteiger partial charge on any atom is 0.319 e. The minimum atomic E-state index is -0.352. The first-order chi connectivity index (χ1) is 15.1. The molecule has 0 saturated heterocycles. The Hall–Kier alpha value is -3.94. The first-order valence-corrected chi connectivity index (χ1v) is 10.0. The monoisotopic (exact) mass is 422 g/mol. The molecule has 4 amide bonds. The van der Waals surface area contributed by atoms with Crippen LogP contribution in [-0.2, 0) is 11.3 Å². The standard InChI is InChI=1S/C23H26N4O4/c1-3-16(30-4-2)14-24-22(28)26-20-11-5-10-19-18(20)9-6-12-21(19)27-23(29)25-15-17-8-7-13-31-17/h3,5-13H,4,14-15H2,1-2H3,(H2,24,26,28)(H2,25,27,29)/b16-3-. The number of anilines is 2. The highest BCUT2D eigenvalue weighted by atomic mass is 16.5. The number of urea groups is 2. The van der Waals surface area contributed by atoms with Gasteiger partial charge in [0.2, 0.25) is 0 Å². The Labute approximate surface area is 180 Å². The number of nitrogens with one attached hydrogen (secondary N) is 4. The lowest BCUT2D eigenvalue weighted by Gasteiger charge is -2.14. The highest BCUT2D eigenvalue weighted by Crippen LogP contribution is 2.29. The van der Waals surface area contributed by atoms with Crippen molar-refractivity contribution in [2.45, 2.75) is 20.4 Å². The maximum atomic E-state index is 12.3. The van der Waals surface area contributed by atoms with E-state index in [-0.39, 0.29) is 18.6 Å². The van der Waals surface area contributed by atoms with Gasteiger partial charge in [0.25, 0.3) is 0 Å². The van der Waals surface area contributed by atoms with E-state index >= 15 is 0 Å². The number of furan rings is 1. The first-order valence-electron chi connectivity index (χ1n) is 10.0. The molecule has 1 heterocycles. The van der Waals surface area contributed by atoms with Crippen molar-refractivity contribution in [3.8, 4) is 0 Å². The summed E-state index contributed by atoms with van der Waals surface area (Å²) in [7, 11) is 0. The highest BCUT2D eigenvalue weighted by Gasteiger charge is 2.10. The molecular weight excluding hydrogens is 396 g/mol. The summed E-state index contributed by atoms with van der Waals surface area (Å²) < 4.78 is 10.6. The summed E-state index contributed by atoms with van der Waals surface area (Å²) in [5.74, 6) is 1.36. The van der Waals surface area contributed by atoms with E-state index in [1.807, 2.05) is 50.3 Å². The van der Waals surface area contributed by atoms with E-state index in [1.54, 1.807) is 24.5 Å². The molecule has 0 bridgehead atoms. The van der Waals surface area contributed by atoms with Gasteiger partial charge < -0.3 is 30.4 Å². The van der Waals surface area contributed by atoms with Crippen LogP contribution in [-0.4, -0.2) is 25.2 Å². The third-order valence-corrected chi connectivity index (χ3v) is 4.50. The molecule has 3 aromatic rings. The Bertz CT molecular complexity index is 1060. The lowest BCUT2D eigenvalue weighted by Crippen LogP contribution is -2.31. The second-order valence-electron chi connectivity index (χ2n) is 6.59. The summed E-state index contributed by atoms with van der Waals surface area (Å²) in [6, 6.07) is 13.9. The number of ether oxygens (including phenoxy) is 1. The molecule has 0 radical (unpaired) electrons. The summed E-state index contributed by atoms with van der Waals surface area (Å²) in [5, 5.41) is 12.8. The van der Waals surface area contributed by atoms with Gasteiger partial charge in [0.1, 0.15) is 11.5 Å². The minimum absolute atomic E-state index is 0.284. The predicted molar refractivity (Wildman–Crippen MR) is 121 cm³/mol. The van der Waals surface area contributed by atoms with Gasteiger partial charge in [0.05, 0.1) is 37.3 Å². The third kappa shape index (κ3) is 6.02. The van der Waals surface area contributed by atoms with Crippen molar-refractivity contribution in [2.24, 2.45) is 0 Å². The van der Waals surface area contributed by atoms with E-state index in [9.17, 15) is 9.59 Å². The van der Waals surface area contributed by atoms with Gasteiger partial charge in [0, 0.05) is 10.8 Å². The van der Waals surface area contributed by atoms with Crippen LogP contribution in [0.15, 0.2) is 71.0 Å². The number of amides is 4. The zero-order chi connectivity index (χ0) is 22.1. The molecule has 0 aliphatic rings. The van der Waals surface area contributed by atoms with E-state index in [2.05, 4.69) is 21.3 Å². The van der Waals surface area contributed by atoms with Crippen molar-refractivity contribution in [1.82, 2.24) is 10.6 Å². The number of hydrogen-bond acceptors (Lipinski definition) is 4. The molecule has 162 valence electrons. The van der Waals surface area contributed by atoms with Gasteiger partial charge in [-0.05, 0) is 44.2 Å². The van der Waals surface area contributed by atoms with E-state index in [0.29, 0.717) is 36.0 Å². The van der Waals surface area contributed by atoms with Gasteiger partial charge in [-0.25, -0.2) is 9.59 Å². The number of allylic oxidation sites excluding steroid dienone is 1. The van der Waals surface area contributed by atoms with Gasteiger partial charge in [-0.3, -0.25) is 0 Å². The van der Waals surface area contributed by atoms with Gasteiger partial charge in [-0.15, -0.1) is 0 Å². The Morgan fingerprint density at radius 3 is 2.13 bits per heavy atom. The van der Waals surface area contributed by atoms with E-state index in [0.717, 1.165) is 10.8 Å². The molecule has 0 spiro atoms. The Morgan fingerprint density at radius 2 is 1.58 bits per heavy atom. The summed E-state index contributed by atoms with van der Waals surface area (Å²) in [6.45, 7) is 4.87. The molecule has 8 nitrogen and oxygen atoms in total. The summed E-state index contributed by atoms with van der Waals surface area (Å²) in [4.78, 5) is 24.6. The van der Waals surface area contributed by atoms with Crippen LogP contribution in [0.4, 0.5) is 21.0 Å². The van der Waals surface area contributed by atoms with Gasteiger partial charge in [-0.1, -0.05) is 24.3 Å². The fourth-order valence-corrected chi connectivity index (χ4v) is 3.03. The predicted octanol–water partition coefficient (Wildman–Crippen LogP) is 4.82. The number of carbonyl (C=O) groups excluding carboxylic acids is 2. The van der Waals surface area contributed by atoms with Gasteiger partial charge in [0.15, 0.2) is 0 Å². The van der Waals surface area contributed by atoms with Crippen molar-refractivity contribution in [3.63, 3.8) is 0 Å². The molecule has 0 saturated carbocycles. The Kier molecular flexibility index (Phi) is 7.53. The molecular formula is C23H26N4O4. The average Bonchev–Trinajstić information content (AvgIpc) is 3.29. The molecule has 0 unspecified atom stereocenters. The average molecular weight is 422 g/mol. The molecule has 31 heavy (non-hydrogen) atoms. The fourth-order valence-electron chi connectivity index (χ4n) is 3.03. The molecule has 0 fully saturated rings. The molecule has 2 aromatic carbocycles. The molecule has 0 atom stereocenters. The van der Waals surface area contributed by atoms with Crippen LogP contribution in [0.2, 0.25) is 0 Å². The highest BCUT2D eigenvalue weighted by molar-refractivity contribution is 6.08. The zero-order valence-corrected chi connectivity index (χ0v) is 17.5. The van der Waals surface area contributed by atoms with Crippen LogP contribution in [0, 0.1) is 0 Å². The van der Waals surface area contributed by atoms with Crippen LogP contribution in [0.1, 0.15) is 19.6 Å². The van der Waals surface area contributed by atoms with Crippen molar-refractivity contribution >= 4 is 34.2 Å². The second kappa shape index (κ2) is 10.7. The topological polar surface area (TPSA) is 105 Å². The fraction of sp³-hybridized carbons (Fsp3) is 0.217. The maximum absolute atomic E-state index is 12.3. The molecule has 1 aromatic heterocycles. The molecule has 0 aliphatic heterocycles. The normalized spacial score (nSPS) is 11.1. The van der Waals surface area contributed by atoms with Crippen LogP contribution < -0.4 is 21.3 Å². The quantitative estimate of drug-likeness (QED) is 0.391. The van der Waals surface area contributed by atoms with Crippen LogP contribution >= 0.6 is 0 Å². The number of rotatable bonds is 8. The van der Waals surface area contributed by atoms with Gasteiger partial charge in [-0.2, -0.15) is 0 Å². The summed E-state index contributed by atoms with van der Waals surface area (Å²) >= 11 is 0. The van der Waals surface area contributed by atoms with E-state index in [1.165, 1.54) is 0 Å². The minimum Gasteiger partial charge on any atom is -0.497 e. The second-order valence-corrected chi connectivity index (χ2v) is 6.59. The number of hydrogen-bond donors (Lipinski definition) is 4. The van der Waals surface area contributed by atoms with Crippen LogP contribution in [0.25, 0.3) is 10.8 Å². The van der Waals surface area contributed by atoms with Crippen LogP contribution in [0.5, 0.6) is 0 Å². The van der Waals surface area contributed by atoms with Crippen molar-refractivity contribution in [1.29, 1.82) is 0 Å². The number of carbonyl (C=O) groups is 2. The summed E-state index contributed by atoms with van der Waals surface area (Å²) in [5.41, 5.74) is 1.26.